The molecule has 1 aliphatic rings. The lowest BCUT2D eigenvalue weighted by atomic mass is 9.91. The zero-order valence-electron chi connectivity index (χ0n) is 15.7. The number of benzene rings is 1. The van der Waals surface area contributed by atoms with Gasteiger partial charge in [-0.05, 0) is 51.8 Å². The summed E-state index contributed by atoms with van der Waals surface area (Å²) in [6, 6.07) is 4.95. The maximum absolute atomic E-state index is 12.7. The zero-order valence-corrected chi connectivity index (χ0v) is 16.5. The molecule has 2 aromatic rings. The fraction of sp³-hybridized carbons (Fsp3) is 0.526. The molecule has 8 heteroatoms. The molecule has 1 aromatic carbocycles. The summed E-state index contributed by atoms with van der Waals surface area (Å²) in [5.41, 5.74) is -1.33. The molecule has 2 heterocycles. The van der Waals surface area contributed by atoms with E-state index in [1.54, 1.807) is 23.1 Å². The van der Waals surface area contributed by atoms with Gasteiger partial charge in [0.2, 0.25) is 0 Å². The van der Waals surface area contributed by atoms with Gasteiger partial charge in [-0.25, -0.2) is 9.78 Å². The van der Waals surface area contributed by atoms with Gasteiger partial charge in [0.1, 0.15) is 5.60 Å². The third-order valence-electron chi connectivity index (χ3n) is 4.60. The van der Waals surface area contributed by atoms with Crippen LogP contribution in [-0.2, 0) is 11.3 Å². The maximum Gasteiger partial charge on any atom is 0.410 e. The van der Waals surface area contributed by atoms with E-state index in [-0.39, 0.29) is 18.2 Å². The average molecular weight is 394 g/mol. The Morgan fingerprint density at radius 3 is 2.63 bits per heavy atom. The van der Waals surface area contributed by atoms with Crippen LogP contribution in [0.5, 0.6) is 0 Å². The molecule has 1 aliphatic heterocycles. The summed E-state index contributed by atoms with van der Waals surface area (Å²) >= 11 is 5.98. The van der Waals surface area contributed by atoms with Gasteiger partial charge in [-0.2, -0.15) is 0 Å². The van der Waals surface area contributed by atoms with Crippen LogP contribution in [0, 0.1) is 0 Å². The SMILES string of the molecule is CC(C)(C)OC(=O)N1CCC(O)(Cn2cnc3ccc(Cl)cc3c2=O)CC1. The molecule has 146 valence electrons. The van der Waals surface area contributed by atoms with Crippen LogP contribution in [0.1, 0.15) is 33.6 Å². The normalized spacial score (nSPS) is 17.1. The van der Waals surface area contributed by atoms with Crippen molar-refractivity contribution in [2.24, 2.45) is 0 Å². The van der Waals surface area contributed by atoms with Gasteiger partial charge < -0.3 is 14.7 Å². The molecule has 0 radical (unpaired) electrons. The molecule has 0 aliphatic carbocycles. The van der Waals surface area contributed by atoms with E-state index in [1.807, 2.05) is 20.8 Å². The Morgan fingerprint density at radius 2 is 2.00 bits per heavy atom. The van der Waals surface area contributed by atoms with Crippen LogP contribution in [0.15, 0.2) is 29.3 Å². The number of nitrogens with zero attached hydrogens (tertiary/aromatic N) is 3. The van der Waals surface area contributed by atoms with Gasteiger partial charge in [0.05, 0.1) is 29.4 Å². The minimum Gasteiger partial charge on any atom is -0.444 e. The number of rotatable bonds is 2. The minimum atomic E-state index is -1.09. The van der Waals surface area contributed by atoms with Crippen LogP contribution in [0.2, 0.25) is 5.02 Å². The zero-order chi connectivity index (χ0) is 19.8. The molecule has 3 rings (SSSR count). The third-order valence-corrected chi connectivity index (χ3v) is 4.83. The topological polar surface area (TPSA) is 84.7 Å². The van der Waals surface area contributed by atoms with Crippen molar-refractivity contribution in [2.45, 2.75) is 51.4 Å². The monoisotopic (exact) mass is 393 g/mol. The average Bonchev–Trinajstić information content (AvgIpc) is 2.57. The van der Waals surface area contributed by atoms with Gasteiger partial charge in [0.25, 0.3) is 5.56 Å². The summed E-state index contributed by atoms with van der Waals surface area (Å²) in [5, 5.41) is 11.8. The smallest absolute Gasteiger partial charge is 0.410 e. The molecule has 1 fully saturated rings. The van der Waals surface area contributed by atoms with E-state index in [2.05, 4.69) is 4.98 Å². The highest BCUT2D eigenvalue weighted by Crippen LogP contribution is 2.25. The number of aliphatic hydroxyl groups is 1. The number of halogens is 1. The minimum absolute atomic E-state index is 0.115. The molecule has 0 spiro atoms. The van der Waals surface area contributed by atoms with Gasteiger partial charge in [0, 0.05) is 18.1 Å². The largest absolute Gasteiger partial charge is 0.444 e. The fourth-order valence-electron chi connectivity index (χ4n) is 3.15. The van der Waals surface area contributed by atoms with Crippen LogP contribution in [0.4, 0.5) is 4.79 Å². The van der Waals surface area contributed by atoms with Crippen LogP contribution in [0.3, 0.4) is 0 Å². The Hall–Kier alpha value is -2.12. The van der Waals surface area contributed by atoms with E-state index in [1.165, 1.54) is 10.9 Å². The van der Waals surface area contributed by atoms with Crippen LogP contribution in [-0.4, -0.2) is 49.9 Å². The molecule has 1 amide bonds. The number of piperidine rings is 1. The molecule has 1 aromatic heterocycles. The number of ether oxygens (including phenoxy) is 1. The van der Waals surface area contributed by atoms with Crippen molar-refractivity contribution in [1.29, 1.82) is 0 Å². The molecule has 0 unspecified atom stereocenters. The van der Waals surface area contributed by atoms with E-state index in [0.29, 0.717) is 41.9 Å². The fourth-order valence-corrected chi connectivity index (χ4v) is 3.32. The Bertz CT molecular complexity index is 911. The van der Waals surface area contributed by atoms with E-state index < -0.39 is 11.2 Å². The number of carbonyl (C=O) groups excluding carboxylic acids is 1. The van der Waals surface area contributed by atoms with Crippen LogP contribution < -0.4 is 5.56 Å². The highest BCUT2D eigenvalue weighted by atomic mass is 35.5. The number of amides is 1. The van der Waals surface area contributed by atoms with Gasteiger partial charge >= 0.3 is 6.09 Å². The van der Waals surface area contributed by atoms with Gasteiger partial charge in [-0.1, -0.05) is 11.6 Å². The van der Waals surface area contributed by atoms with Crippen molar-refractivity contribution in [3.63, 3.8) is 0 Å². The molecule has 0 atom stereocenters. The molecule has 0 bridgehead atoms. The Kier molecular flexibility index (Phi) is 5.18. The third kappa shape index (κ3) is 4.59. The van der Waals surface area contributed by atoms with Gasteiger partial charge in [-0.3, -0.25) is 9.36 Å². The predicted molar refractivity (Wildman–Crippen MR) is 103 cm³/mol. The van der Waals surface area contributed by atoms with E-state index in [0.717, 1.165) is 0 Å². The first kappa shape index (κ1) is 19.6. The first-order valence-electron chi connectivity index (χ1n) is 8.91. The maximum atomic E-state index is 12.7. The Labute approximate surface area is 162 Å². The highest BCUT2D eigenvalue weighted by Gasteiger charge is 2.36. The van der Waals surface area contributed by atoms with Crippen molar-refractivity contribution in [3.05, 3.63) is 39.9 Å². The Balaban J connectivity index is 1.72. The second-order valence-electron chi connectivity index (χ2n) is 8.03. The summed E-state index contributed by atoms with van der Waals surface area (Å²) < 4.78 is 6.77. The first-order chi connectivity index (χ1) is 12.6. The Morgan fingerprint density at radius 1 is 1.33 bits per heavy atom. The van der Waals surface area contributed by atoms with E-state index >= 15 is 0 Å². The summed E-state index contributed by atoms with van der Waals surface area (Å²) in [6.45, 7) is 6.30. The summed E-state index contributed by atoms with van der Waals surface area (Å²) in [4.78, 5) is 30.7. The molecular weight excluding hydrogens is 370 g/mol. The first-order valence-corrected chi connectivity index (χ1v) is 9.29. The summed E-state index contributed by atoms with van der Waals surface area (Å²) in [7, 11) is 0. The van der Waals surface area contributed by atoms with Crippen molar-refractivity contribution < 1.29 is 14.6 Å². The highest BCUT2D eigenvalue weighted by molar-refractivity contribution is 6.31. The predicted octanol–water partition coefficient (Wildman–Crippen LogP) is 2.81. The van der Waals surface area contributed by atoms with Crippen molar-refractivity contribution in [3.8, 4) is 0 Å². The van der Waals surface area contributed by atoms with Crippen molar-refractivity contribution in [2.75, 3.05) is 13.1 Å². The molecule has 1 N–H and O–H groups in total. The molecule has 7 nitrogen and oxygen atoms in total. The number of likely N-dealkylation sites (tertiary alicyclic amines) is 1. The second kappa shape index (κ2) is 7.13. The lowest BCUT2D eigenvalue weighted by molar-refractivity contribution is -0.0419. The van der Waals surface area contributed by atoms with E-state index in [4.69, 9.17) is 16.3 Å². The van der Waals surface area contributed by atoms with Crippen LogP contribution >= 0.6 is 11.6 Å². The molecule has 1 saturated heterocycles. The van der Waals surface area contributed by atoms with Gasteiger partial charge in [0.15, 0.2) is 0 Å². The van der Waals surface area contributed by atoms with Crippen molar-refractivity contribution in [1.82, 2.24) is 14.5 Å². The number of hydrogen-bond acceptors (Lipinski definition) is 5. The van der Waals surface area contributed by atoms with E-state index in [9.17, 15) is 14.7 Å². The van der Waals surface area contributed by atoms with Crippen LogP contribution in [0.25, 0.3) is 10.9 Å². The standard InChI is InChI=1S/C19H24ClN3O4/c1-18(2,3)27-17(25)22-8-6-19(26,7-9-22)11-23-12-21-15-5-4-13(20)10-14(15)16(23)24/h4-5,10,12,26H,6-9,11H2,1-3H3. The number of hydrogen-bond donors (Lipinski definition) is 1. The lowest BCUT2D eigenvalue weighted by Crippen LogP contribution is -2.50. The number of aromatic nitrogens is 2. The number of carbonyl (C=O) groups is 1. The summed E-state index contributed by atoms with van der Waals surface area (Å²) in [6.07, 6.45) is 1.76. The lowest BCUT2D eigenvalue weighted by Gasteiger charge is -2.38. The quantitative estimate of drug-likeness (QED) is 0.848. The second-order valence-corrected chi connectivity index (χ2v) is 8.47. The molecule has 27 heavy (non-hydrogen) atoms. The van der Waals surface area contributed by atoms with Gasteiger partial charge in [-0.15, -0.1) is 0 Å². The molecule has 0 saturated carbocycles. The van der Waals surface area contributed by atoms with Crippen molar-refractivity contribution >= 4 is 28.6 Å². The summed E-state index contributed by atoms with van der Waals surface area (Å²) in [5.74, 6) is 0. The number of fused-ring (bicyclic) bond motifs is 1. The molecular formula is C19H24ClN3O4.